The first-order valence-corrected chi connectivity index (χ1v) is 17.0. The fourth-order valence-corrected chi connectivity index (χ4v) is 7.08. The van der Waals surface area contributed by atoms with Gasteiger partial charge in [0.15, 0.2) is 0 Å². The van der Waals surface area contributed by atoms with E-state index in [1.54, 1.807) is 6.07 Å². The third kappa shape index (κ3) is 10.7. The van der Waals surface area contributed by atoms with Gasteiger partial charge in [-0.1, -0.05) is 99.2 Å². The van der Waals surface area contributed by atoms with Crippen LogP contribution in [0.15, 0.2) is 18.2 Å². The van der Waals surface area contributed by atoms with Crippen LogP contribution in [0, 0.1) is 0 Å². The van der Waals surface area contributed by atoms with Crippen molar-refractivity contribution in [2.45, 2.75) is 46.7 Å². The van der Waals surface area contributed by atoms with Crippen molar-refractivity contribution < 1.29 is 19.5 Å². The van der Waals surface area contributed by atoms with E-state index in [0.717, 1.165) is 10.4 Å². The van der Waals surface area contributed by atoms with Gasteiger partial charge in [0.2, 0.25) is 0 Å². The van der Waals surface area contributed by atoms with Gasteiger partial charge in [0.25, 0.3) is 0 Å². The summed E-state index contributed by atoms with van der Waals surface area (Å²) in [5.74, 6) is -1.08. The van der Waals surface area contributed by atoms with E-state index in [1.807, 2.05) is 6.07 Å². The van der Waals surface area contributed by atoms with Crippen molar-refractivity contribution >= 4 is 85.0 Å². The molecule has 0 aliphatic carbocycles. The third-order valence-corrected chi connectivity index (χ3v) is 9.00. The number of aromatic carboxylic acids is 1. The molecule has 0 aliphatic rings. The van der Waals surface area contributed by atoms with E-state index >= 15 is 0 Å². The highest BCUT2D eigenvalue weighted by Gasteiger charge is 2.24. The number of carboxylic acid groups (broad SMARTS) is 1. The van der Waals surface area contributed by atoms with Crippen LogP contribution in [0.5, 0.6) is 0 Å². The van der Waals surface area contributed by atoms with Crippen LogP contribution in [0.3, 0.4) is 0 Å². The van der Waals surface area contributed by atoms with E-state index in [2.05, 4.69) is 49.3 Å². The van der Waals surface area contributed by atoms with Crippen LogP contribution in [-0.4, -0.2) is 43.3 Å². The maximum Gasteiger partial charge on any atom is 0.373 e. The SMILES string of the molecule is C.C[Si](C)(C)c1cc(C(=O)O)c(Cl)nc1Cl.C[Si](C)(C)c1ccc(Cl)nc1Cl.O=C=O. The molecule has 1 N–H and O–H groups in total. The molecule has 2 aromatic heterocycles. The van der Waals surface area contributed by atoms with Crippen LogP contribution in [0.2, 0.25) is 59.9 Å². The van der Waals surface area contributed by atoms with Crippen LogP contribution in [0.25, 0.3) is 0 Å². The predicted molar refractivity (Wildman–Crippen MR) is 133 cm³/mol. The lowest BCUT2D eigenvalue weighted by atomic mass is 10.3. The second-order valence-corrected chi connectivity index (χ2v) is 19.6. The fourth-order valence-electron chi connectivity index (χ4n) is 2.12. The molecule has 0 atom stereocenters. The molecule has 0 unspecified atom stereocenters. The Kier molecular flexibility index (Phi) is 13.7. The Hall–Kier alpha value is -1.26. The molecule has 0 radical (unpaired) electrons. The number of rotatable bonds is 3. The summed E-state index contributed by atoms with van der Waals surface area (Å²) in [4.78, 5) is 35.0. The van der Waals surface area contributed by atoms with Crippen molar-refractivity contribution in [3.8, 4) is 0 Å². The number of nitrogens with zero attached hydrogens (tertiary/aromatic N) is 2. The first kappa shape index (κ1) is 31.9. The van der Waals surface area contributed by atoms with E-state index in [-0.39, 0.29) is 24.3 Å². The van der Waals surface area contributed by atoms with Gasteiger partial charge in [0.05, 0.1) is 21.7 Å². The van der Waals surface area contributed by atoms with E-state index in [9.17, 15) is 4.79 Å². The zero-order valence-electron chi connectivity index (χ0n) is 17.3. The highest BCUT2D eigenvalue weighted by atomic mass is 35.5. The lowest BCUT2D eigenvalue weighted by Gasteiger charge is -2.18. The largest absolute Gasteiger partial charge is 0.478 e. The first-order valence-electron chi connectivity index (χ1n) is 8.47. The van der Waals surface area contributed by atoms with Crippen molar-refractivity contribution in [3.05, 3.63) is 44.4 Å². The molecule has 2 heterocycles. The number of halogens is 4. The number of pyridine rings is 2. The van der Waals surface area contributed by atoms with Crippen LogP contribution >= 0.6 is 46.4 Å². The number of hydrogen-bond donors (Lipinski definition) is 1. The molecule has 31 heavy (non-hydrogen) atoms. The summed E-state index contributed by atoms with van der Waals surface area (Å²) in [6.07, 6.45) is 0.250. The molecule has 172 valence electrons. The minimum absolute atomic E-state index is 0. The molecule has 6 nitrogen and oxygen atoms in total. The first-order chi connectivity index (χ1) is 13.6. The molecule has 2 rings (SSSR count). The smallest absolute Gasteiger partial charge is 0.373 e. The van der Waals surface area contributed by atoms with Gasteiger partial charge in [0.1, 0.15) is 20.6 Å². The van der Waals surface area contributed by atoms with E-state index < -0.39 is 22.1 Å². The van der Waals surface area contributed by atoms with Gasteiger partial charge in [-0.25, -0.2) is 14.8 Å². The lowest BCUT2D eigenvalue weighted by Crippen LogP contribution is -2.39. The second kappa shape index (κ2) is 13.3. The van der Waals surface area contributed by atoms with Gasteiger partial charge >= 0.3 is 12.1 Å². The van der Waals surface area contributed by atoms with E-state index in [1.165, 1.54) is 6.07 Å². The van der Waals surface area contributed by atoms with E-state index in [4.69, 9.17) is 61.1 Å². The number of carbonyl (C=O) groups excluding carboxylic acids is 2. The summed E-state index contributed by atoms with van der Waals surface area (Å²) >= 11 is 23.3. The molecule has 0 aromatic carbocycles. The molecule has 0 fully saturated rings. The molecule has 0 spiro atoms. The van der Waals surface area contributed by atoms with Crippen LogP contribution in [-0.2, 0) is 9.59 Å². The fraction of sp³-hybridized carbons (Fsp3) is 0.368. The summed E-state index contributed by atoms with van der Waals surface area (Å²) in [5, 5.41) is 12.1. The normalized spacial score (nSPS) is 10.4. The highest BCUT2D eigenvalue weighted by Crippen LogP contribution is 2.18. The van der Waals surface area contributed by atoms with Crippen molar-refractivity contribution in [1.29, 1.82) is 0 Å². The van der Waals surface area contributed by atoms with Gasteiger partial charge in [-0.15, -0.1) is 0 Å². The summed E-state index contributed by atoms with van der Waals surface area (Å²) in [5.41, 5.74) is 0.0125. The Morgan fingerprint density at radius 3 is 1.61 bits per heavy atom. The Morgan fingerprint density at radius 2 is 1.26 bits per heavy atom. The van der Waals surface area contributed by atoms with Crippen molar-refractivity contribution in [2.75, 3.05) is 0 Å². The maximum atomic E-state index is 10.9. The monoisotopic (exact) mass is 542 g/mol. The Morgan fingerprint density at radius 1 is 0.839 bits per heavy atom. The van der Waals surface area contributed by atoms with Gasteiger partial charge < -0.3 is 5.11 Å². The average Bonchev–Trinajstić information content (AvgIpc) is 2.53. The van der Waals surface area contributed by atoms with Crippen LogP contribution in [0.4, 0.5) is 0 Å². The van der Waals surface area contributed by atoms with Crippen LogP contribution in [0.1, 0.15) is 17.8 Å². The van der Waals surface area contributed by atoms with Gasteiger partial charge in [-0.05, 0) is 22.5 Å². The van der Waals surface area contributed by atoms with Gasteiger partial charge in [0, 0.05) is 0 Å². The minimum Gasteiger partial charge on any atom is -0.478 e. The molecule has 0 bridgehead atoms. The molecule has 12 heteroatoms. The average molecular weight is 544 g/mol. The topological polar surface area (TPSA) is 97.2 Å². The lowest BCUT2D eigenvalue weighted by molar-refractivity contribution is -0.191. The van der Waals surface area contributed by atoms with Crippen molar-refractivity contribution in [2.24, 2.45) is 0 Å². The molecular weight excluding hydrogens is 518 g/mol. The zero-order chi connectivity index (χ0) is 23.9. The summed E-state index contributed by atoms with van der Waals surface area (Å²) in [6, 6.07) is 5.30. The molecule has 0 amide bonds. The third-order valence-electron chi connectivity index (χ3n) is 3.59. The number of hydrogen-bond acceptors (Lipinski definition) is 5. The molecule has 0 saturated heterocycles. The number of carbonyl (C=O) groups is 1. The Labute approximate surface area is 204 Å². The Balaban J connectivity index is 0. The Bertz CT molecular complexity index is 940. The number of carboxylic acids is 1. The molecular formula is C19H26Cl4N2O4Si2. The zero-order valence-corrected chi connectivity index (χ0v) is 22.3. The number of aromatic nitrogens is 2. The second-order valence-electron chi connectivity index (χ2n) is 8.03. The molecule has 2 aromatic rings. The van der Waals surface area contributed by atoms with Crippen LogP contribution < -0.4 is 10.4 Å². The highest BCUT2D eigenvalue weighted by molar-refractivity contribution is 6.90. The van der Waals surface area contributed by atoms with Gasteiger partial charge in [-0.3, -0.25) is 0 Å². The summed E-state index contributed by atoms with van der Waals surface area (Å²) in [7, 11) is -3.05. The maximum absolute atomic E-state index is 10.9. The molecule has 0 aliphatic heterocycles. The standard InChI is InChI=1S/C9H11Cl2NO2Si.C8H11Cl2NSi.CO2.CH4/c1-15(2,3)6-4-5(9(13)14)7(10)12-8(6)11;1-12(2,3)6-4-5-7(9)11-8(6)10;2-1-3;/h4H,1-3H3,(H,13,14);4-5H,1-3H3;;1H4. The predicted octanol–water partition coefficient (Wildman–Crippen LogP) is 5.62. The van der Waals surface area contributed by atoms with Crippen molar-refractivity contribution in [3.63, 3.8) is 0 Å². The van der Waals surface area contributed by atoms with E-state index in [0.29, 0.717) is 15.5 Å². The van der Waals surface area contributed by atoms with Gasteiger partial charge in [-0.2, -0.15) is 9.59 Å². The molecule has 0 saturated carbocycles. The summed E-state index contributed by atoms with van der Waals surface area (Å²) in [6.45, 7) is 12.9. The quantitative estimate of drug-likeness (QED) is 0.398. The summed E-state index contributed by atoms with van der Waals surface area (Å²) < 4.78 is 0. The van der Waals surface area contributed by atoms with Crippen molar-refractivity contribution in [1.82, 2.24) is 9.97 Å². The minimum atomic E-state index is -1.69.